The summed E-state index contributed by atoms with van der Waals surface area (Å²) in [5.41, 5.74) is 0. The summed E-state index contributed by atoms with van der Waals surface area (Å²) < 4.78 is 0. The minimum atomic E-state index is 0.795. The predicted octanol–water partition coefficient (Wildman–Crippen LogP) is 3.98. The Labute approximate surface area is 96.0 Å². The van der Waals surface area contributed by atoms with Crippen molar-refractivity contribution in [2.45, 2.75) is 71.8 Å². The summed E-state index contributed by atoms with van der Waals surface area (Å²) in [4.78, 5) is 0. The van der Waals surface area contributed by atoms with E-state index in [1.165, 1.54) is 51.5 Å². The van der Waals surface area contributed by atoms with Crippen molar-refractivity contribution < 1.29 is 0 Å². The van der Waals surface area contributed by atoms with Crippen LogP contribution in [0, 0.1) is 11.8 Å². The molecule has 1 heteroatoms. The molecule has 0 amide bonds. The molecule has 1 aliphatic carbocycles. The van der Waals surface area contributed by atoms with Crippen molar-refractivity contribution in [2.24, 2.45) is 11.8 Å². The maximum atomic E-state index is 3.77. The number of nitrogens with one attached hydrogen (secondary N) is 1. The van der Waals surface area contributed by atoms with Gasteiger partial charge in [0.2, 0.25) is 0 Å². The highest BCUT2D eigenvalue weighted by atomic mass is 14.9. The fourth-order valence-corrected chi connectivity index (χ4v) is 2.74. The first-order chi connectivity index (χ1) is 7.24. The molecule has 0 saturated heterocycles. The first kappa shape index (κ1) is 13.0. The lowest BCUT2D eigenvalue weighted by atomic mass is 9.83. The molecule has 0 heterocycles. The Morgan fingerprint density at radius 2 is 1.80 bits per heavy atom. The molecule has 0 bridgehead atoms. The van der Waals surface area contributed by atoms with Crippen molar-refractivity contribution in [2.75, 3.05) is 6.54 Å². The summed E-state index contributed by atoms with van der Waals surface area (Å²) >= 11 is 0. The molecule has 0 spiro atoms. The molecule has 0 radical (unpaired) electrons. The molecule has 0 aromatic heterocycles. The van der Waals surface area contributed by atoms with Crippen LogP contribution in [0.15, 0.2) is 0 Å². The van der Waals surface area contributed by atoms with Crippen molar-refractivity contribution in [3.63, 3.8) is 0 Å². The van der Waals surface area contributed by atoms with Crippen LogP contribution in [0.4, 0.5) is 0 Å². The lowest BCUT2D eigenvalue weighted by Crippen LogP contribution is -2.37. The lowest BCUT2D eigenvalue weighted by molar-refractivity contribution is 0.260. The van der Waals surface area contributed by atoms with Gasteiger partial charge in [0.15, 0.2) is 0 Å². The molecular formula is C14H29N. The summed E-state index contributed by atoms with van der Waals surface area (Å²) in [7, 11) is 0. The van der Waals surface area contributed by atoms with Crippen LogP contribution >= 0.6 is 0 Å². The van der Waals surface area contributed by atoms with Gasteiger partial charge in [-0.2, -0.15) is 0 Å². The van der Waals surface area contributed by atoms with Crippen molar-refractivity contribution in [1.29, 1.82) is 0 Å². The van der Waals surface area contributed by atoms with Gasteiger partial charge in [-0.05, 0) is 44.1 Å². The first-order valence-corrected chi connectivity index (χ1v) is 6.97. The molecule has 90 valence electrons. The highest BCUT2D eigenvalue weighted by molar-refractivity contribution is 4.78. The van der Waals surface area contributed by atoms with Gasteiger partial charge in [-0.1, -0.05) is 40.0 Å². The summed E-state index contributed by atoms with van der Waals surface area (Å²) in [5.74, 6) is 1.80. The van der Waals surface area contributed by atoms with E-state index in [0.29, 0.717) is 0 Å². The summed E-state index contributed by atoms with van der Waals surface area (Å²) in [6.07, 6.45) is 9.96. The van der Waals surface area contributed by atoms with E-state index in [-0.39, 0.29) is 0 Å². The largest absolute Gasteiger partial charge is 0.314 e. The van der Waals surface area contributed by atoms with Gasteiger partial charge in [0, 0.05) is 6.04 Å². The molecule has 15 heavy (non-hydrogen) atoms. The highest BCUT2D eigenvalue weighted by Crippen LogP contribution is 2.27. The van der Waals surface area contributed by atoms with Crippen molar-refractivity contribution >= 4 is 0 Å². The molecule has 1 aliphatic rings. The van der Waals surface area contributed by atoms with Crippen LogP contribution in [0.25, 0.3) is 0 Å². The fourth-order valence-electron chi connectivity index (χ4n) is 2.74. The van der Waals surface area contributed by atoms with Gasteiger partial charge in [0.05, 0.1) is 0 Å². The third kappa shape index (κ3) is 5.01. The van der Waals surface area contributed by atoms with Gasteiger partial charge >= 0.3 is 0 Å². The van der Waals surface area contributed by atoms with Crippen LogP contribution < -0.4 is 5.32 Å². The quantitative estimate of drug-likeness (QED) is 0.700. The molecule has 1 atom stereocenters. The molecule has 0 aliphatic heterocycles. The van der Waals surface area contributed by atoms with Crippen molar-refractivity contribution in [3.05, 3.63) is 0 Å². The molecule has 1 unspecified atom stereocenters. The summed E-state index contributed by atoms with van der Waals surface area (Å²) in [6, 6.07) is 0.795. The van der Waals surface area contributed by atoms with E-state index < -0.39 is 0 Å². The molecule has 1 N–H and O–H groups in total. The third-order valence-electron chi connectivity index (χ3n) is 3.79. The Kier molecular flexibility index (Phi) is 6.31. The number of rotatable bonds is 6. The fraction of sp³-hybridized carbons (Fsp3) is 1.00. The molecular weight excluding hydrogens is 182 g/mol. The van der Waals surface area contributed by atoms with Gasteiger partial charge < -0.3 is 5.32 Å². The van der Waals surface area contributed by atoms with Crippen LogP contribution in [-0.4, -0.2) is 12.6 Å². The standard InChI is InChI=1S/C14H29N/c1-4-14(15-11-10-12(2)3)13-8-6-5-7-9-13/h12-15H,4-11H2,1-3H3. The second-order valence-corrected chi connectivity index (χ2v) is 5.55. The highest BCUT2D eigenvalue weighted by Gasteiger charge is 2.21. The maximum absolute atomic E-state index is 3.77. The zero-order chi connectivity index (χ0) is 11.1. The summed E-state index contributed by atoms with van der Waals surface area (Å²) in [5, 5.41) is 3.77. The van der Waals surface area contributed by atoms with Crippen LogP contribution in [0.3, 0.4) is 0 Å². The Morgan fingerprint density at radius 3 is 2.33 bits per heavy atom. The zero-order valence-corrected chi connectivity index (χ0v) is 10.9. The van der Waals surface area contributed by atoms with E-state index in [0.717, 1.165) is 17.9 Å². The second kappa shape index (κ2) is 7.27. The Bertz CT molecular complexity index is 147. The van der Waals surface area contributed by atoms with Gasteiger partial charge in [-0.3, -0.25) is 0 Å². The van der Waals surface area contributed by atoms with E-state index >= 15 is 0 Å². The Morgan fingerprint density at radius 1 is 1.13 bits per heavy atom. The van der Waals surface area contributed by atoms with Gasteiger partial charge in [-0.25, -0.2) is 0 Å². The smallest absolute Gasteiger partial charge is 0.00927 e. The monoisotopic (exact) mass is 211 g/mol. The van der Waals surface area contributed by atoms with Gasteiger partial charge in [0.1, 0.15) is 0 Å². The van der Waals surface area contributed by atoms with E-state index in [1.54, 1.807) is 0 Å². The van der Waals surface area contributed by atoms with Gasteiger partial charge in [0.25, 0.3) is 0 Å². The predicted molar refractivity (Wildman–Crippen MR) is 68.1 cm³/mol. The van der Waals surface area contributed by atoms with Gasteiger partial charge in [-0.15, -0.1) is 0 Å². The van der Waals surface area contributed by atoms with Crippen LogP contribution in [0.5, 0.6) is 0 Å². The van der Waals surface area contributed by atoms with E-state index in [1.807, 2.05) is 0 Å². The van der Waals surface area contributed by atoms with Crippen LogP contribution in [0.1, 0.15) is 65.7 Å². The van der Waals surface area contributed by atoms with Crippen LogP contribution in [-0.2, 0) is 0 Å². The molecule has 0 aromatic rings. The number of hydrogen-bond acceptors (Lipinski definition) is 1. The van der Waals surface area contributed by atoms with Crippen molar-refractivity contribution in [3.8, 4) is 0 Å². The molecule has 1 saturated carbocycles. The van der Waals surface area contributed by atoms with Crippen molar-refractivity contribution in [1.82, 2.24) is 5.32 Å². The average molecular weight is 211 g/mol. The minimum Gasteiger partial charge on any atom is -0.314 e. The molecule has 1 rings (SSSR count). The Balaban J connectivity index is 2.21. The first-order valence-electron chi connectivity index (χ1n) is 6.97. The third-order valence-corrected chi connectivity index (χ3v) is 3.79. The van der Waals surface area contributed by atoms with E-state index in [2.05, 4.69) is 26.1 Å². The molecule has 0 aromatic carbocycles. The molecule has 1 fully saturated rings. The zero-order valence-electron chi connectivity index (χ0n) is 10.9. The topological polar surface area (TPSA) is 12.0 Å². The number of hydrogen-bond donors (Lipinski definition) is 1. The average Bonchev–Trinajstić information content (AvgIpc) is 2.25. The second-order valence-electron chi connectivity index (χ2n) is 5.55. The summed E-state index contributed by atoms with van der Waals surface area (Å²) in [6.45, 7) is 8.17. The normalized spacial score (nSPS) is 20.8. The SMILES string of the molecule is CCC(NCCC(C)C)C1CCCCC1. The van der Waals surface area contributed by atoms with Crippen LogP contribution in [0.2, 0.25) is 0 Å². The maximum Gasteiger partial charge on any atom is 0.00927 e. The Hall–Kier alpha value is -0.0400. The lowest BCUT2D eigenvalue weighted by Gasteiger charge is -2.30. The minimum absolute atomic E-state index is 0.795. The van der Waals surface area contributed by atoms with E-state index in [9.17, 15) is 0 Å². The van der Waals surface area contributed by atoms with E-state index in [4.69, 9.17) is 0 Å². The molecule has 1 nitrogen and oxygen atoms in total.